The topological polar surface area (TPSA) is 103 Å². The van der Waals surface area contributed by atoms with Crippen molar-refractivity contribution < 1.29 is 28.5 Å². The van der Waals surface area contributed by atoms with Gasteiger partial charge in [0.2, 0.25) is 0 Å². The first-order chi connectivity index (χ1) is 15.8. The van der Waals surface area contributed by atoms with Crippen molar-refractivity contribution in [1.29, 1.82) is 0 Å². The molecule has 176 valence electrons. The number of pyridine rings is 1. The van der Waals surface area contributed by atoms with Gasteiger partial charge in [0.25, 0.3) is 0 Å². The van der Waals surface area contributed by atoms with E-state index in [1.807, 2.05) is 0 Å². The van der Waals surface area contributed by atoms with Gasteiger partial charge in [0.15, 0.2) is 0 Å². The maximum atomic E-state index is 13.9. The lowest BCUT2D eigenvalue weighted by molar-refractivity contribution is -0.186. The van der Waals surface area contributed by atoms with E-state index < -0.39 is 53.1 Å². The van der Waals surface area contributed by atoms with Gasteiger partial charge in [-0.15, -0.1) is 5.10 Å². The summed E-state index contributed by atoms with van der Waals surface area (Å²) >= 11 is 12.8. The van der Waals surface area contributed by atoms with Gasteiger partial charge < -0.3 is 19.7 Å². The molecule has 1 aromatic carbocycles. The van der Waals surface area contributed by atoms with Crippen molar-refractivity contribution in [3.05, 3.63) is 58.5 Å². The Morgan fingerprint density at radius 1 is 1.21 bits per heavy atom. The van der Waals surface area contributed by atoms with E-state index in [4.69, 9.17) is 32.7 Å². The number of benzene rings is 1. The van der Waals surface area contributed by atoms with Crippen LogP contribution in [0.3, 0.4) is 0 Å². The highest BCUT2D eigenvalue weighted by molar-refractivity contribution is 7.99. The molecular weight excluding hydrogens is 501 g/mol. The average molecular weight is 519 g/mol. The van der Waals surface area contributed by atoms with Crippen LogP contribution in [-0.2, 0) is 9.47 Å². The number of hydrogen-bond acceptors (Lipinski definition) is 8. The minimum atomic E-state index is -1.22. The molecule has 0 bridgehead atoms. The minimum absolute atomic E-state index is 0.116. The maximum Gasteiger partial charge on any atom is 0.145 e. The summed E-state index contributed by atoms with van der Waals surface area (Å²) < 4.78 is 40.6. The molecule has 33 heavy (non-hydrogen) atoms. The zero-order valence-corrected chi connectivity index (χ0v) is 19.3. The van der Waals surface area contributed by atoms with Crippen molar-refractivity contribution in [2.24, 2.45) is 0 Å². The van der Waals surface area contributed by atoms with Gasteiger partial charge in [-0.25, -0.2) is 13.5 Å². The van der Waals surface area contributed by atoms with Crippen molar-refractivity contribution in [3.63, 3.8) is 0 Å². The van der Waals surface area contributed by atoms with E-state index in [1.54, 1.807) is 12.3 Å². The van der Waals surface area contributed by atoms with E-state index in [1.165, 1.54) is 35.9 Å². The lowest BCUT2D eigenvalue weighted by Crippen LogP contribution is -2.55. The molecule has 3 aromatic rings. The number of aromatic nitrogens is 4. The van der Waals surface area contributed by atoms with Crippen LogP contribution < -0.4 is 0 Å². The molecule has 1 fully saturated rings. The number of aliphatic hydroxyl groups is 2. The van der Waals surface area contributed by atoms with Crippen molar-refractivity contribution in [1.82, 2.24) is 20.0 Å². The molecule has 1 aliphatic rings. The molecule has 3 heterocycles. The smallest absolute Gasteiger partial charge is 0.145 e. The van der Waals surface area contributed by atoms with E-state index in [9.17, 15) is 19.0 Å². The van der Waals surface area contributed by atoms with Gasteiger partial charge in [0.1, 0.15) is 52.1 Å². The van der Waals surface area contributed by atoms with E-state index >= 15 is 0 Å². The minimum Gasteiger partial charge on any atom is -0.394 e. The fraction of sp³-hybridized carbons (Fsp3) is 0.350. The molecule has 2 aromatic heterocycles. The van der Waals surface area contributed by atoms with Gasteiger partial charge in [-0.05, 0) is 18.2 Å². The second-order valence-electron chi connectivity index (χ2n) is 7.20. The number of aliphatic hydroxyl groups excluding tert-OH is 2. The first-order valence-corrected chi connectivity index (χ1v) is 11.3. The van der Waals surface area contributed by atoms with Crippen LogP contribution in [0.1, 0.15) is 6.04 Å². The molecule has 2 unspecified atom stereocenters. The third-order valence-electron chi connectivity index (χ3n) is 5.12. The SMILES string of the molecule is COC1[C@@H](Sc2cncc(Cl)c2)OC(CO)[C@H](O)[C@@H]1n1cc(-c2cc(F)c(Cl)c(F)c2)nn1. The third-order valence-corrected chi connectivity index (χ3v) is 6.80. The molecular formula is C20H18Cl2F2N4O4S. The van der Waals surface area contributed by atoms with Gasteiger partial charge in [0.05, 0.1) is 17.8 Å². The first-order valence-electron chi connectivity index (χ1n) is 9.63. The molecule has 1 aliphatic heterocycles. The van der Waals surface area contributed by atoms with Crippen molar-refractivity contribution in [3.8, 4) is 11.3 Å². The fourth-order valence-electron chi connectivity index (χ4n) is 3.56. The first kappa shape index (κ1) is 24.3. The molecule has 1 saturated heterocycles. The summed E-state index contributed by atoms with van der Waals surface area (Å²) in [5, 5.41) is 28.5. The Hall–Kier alpha value is -1.86. The Kier molecular flexibility index (Phi) is 7.49. The number of halogens is 4. The van der Waals surface area contributed by atoms with Crippen LogP contribution in [0.2, 0.25) is 10.0 Å². The highest BCUT2D eigenvalue weighted by atomic mass is 35.5. The molecule has 0 amide bonds. The second-order valence-corrected chi connectivity index (χ2v) is 9.19. The number of rotatable bonds is 6. The number of methoxy groups -OCH3 is 1. The Labute approximate surface area is 201 Å². The van der Waals surface area contributed by atoms with Crippen molar-refractivity contribution >= 4 is 35.0 Å². The van der Waals surface area contributed by atoms with Crippen molar-refractivity contribution in [2.75, 3.05) is 13.7 Å². The molecule has 13 heteroatoms. The lowest BCUT2D eigenvalue weighted by atomic mass is 9.97. The van der Waals surface area contributed by atoms with E-state index in [0.29, 0.717) is 9.92 Å². The largest absolute Gasteiger partial charge is 0.394 e. The van der Waals surface area contributed by atoms with Gasteiger partial charge in [-0.1, -0.05) is 40.2 Å². The Balaban J connectivity index is 1.67. The summed E-state index contributed by atoms with van der Waals surface area (Å²) in [6.07, 6.45) is 1.58. The zero-order valence-electron chi connectivity index (χ0n) is 17.0. The summed E-state index contributed by atoms with van der Waals surface area (Å²) in [5.74, 6) is -1.87. The molecule has 0 saturated carbocycles. The van der Waals surface area contributed by atoms with E-state index in [0.717, 1.165) is 12.1 Å². The molecule has 0 aliphatic carbocycles. The molecule has 8 nitrogen and oxygen atoms in total. The third kappa shape index (κ3) is 4.99. The Morgan fingerprint density at radius 3 is 2.58 bits per heavy atom. The highest BCUT2D eigenvalue weighted by Crippen LogP contribution is 2.40. The van der Waals surface area contributed by atoms with Crippen molar-refractivity contribution in [2.45, 2.75) is 34.7 Å². The van der Waals surface area contributed by atoms with Crippen LogP contribution in [-0.4, -0.2) is 67.7 Å². The Morgan fingerprint density at radius 2 is 1.94 bits per heavy atom. The molecule has 4 rings (SSSR count). The summed E-state index contributed by atoms with van der Waals surface area (Å²) in [5.41, 5.74) is -0.411. The Bertz CT molecular complexity index is 1120. The van der Waals surface area contributed by atoms with E-state index in [2.05, 4.69) is 15.3 Å². The van der Waals surface area contributed by atoms with Crippen LogP contribution in [0.5, 0.6) is 0 Å². The fourth-order valence-corrected chi connectivity index (χ4v) is 5.10. The number of nitrogens with zero attached hydrogens (tertiary/aromatic N) is 4. The van der Waals surface area contributed by atoms with Gasteiger partial charge >= 0.3 is 0 Å². The lowest BCUT2D eigenvalue weighted by Gasteiger charge is -2.43. The van der Waals surface area contributed by atoms with Crippen LogP contribution in [0.25, 0.3) is 11.3 Å². The second kappa shape index (κ2) is 10.2. The van der Waals surface area contributed by atoms with Crippen LogP contribution in [0.15, 0.2) is 41.7 Å². The molecule has 0 spiro atoms. The predicted octanol–water partition coefficient (Wildman–Crippen LogP) is 3.35. The number of thioether (sulfide) groups is 1. The molecule has 5 atom stereocenters. The predicted molar refractivity (Wildman–Crippen MR) is 117 cm³/mol. The zero-order chi connectivity index (χ0) is 23.7. The molecule has 2 N–H and O–H groups in total. The standard InChI is InChI=1S/C20H18Cl2F2N4O4S/c1-31-19-17(28-7-14(26-27-28)9-2-12(23)16(22)13(24)3-9)18(30)15(8-29)32-20(19)33-11-4-10(21)5-25-6-11/h2-7,15,17-20,29-30H,8H2,1H3/t15?,17-,18-,19?,20+/m0/s1. The monoisotopic (exact) mass is 518 g/mol. The number of hydrogen-bond donors (Lipinski definition) is 2. The summed E-state index contributed by atoms with van der Waals surface area (Å²) in [6, 6.07) is 2.93. The van der Waals surface area contributed by atoms with Crippen LogP contribution in [0, 0.1) is 11.6 Å². The average Bonchev–Trinajstić information content (AvgIpc) is 3.27. The maximum absolute atomic E-state index is 13.9. The van der Waals surface area contributed by atoms with Gasteiger partial charge in [-0.2, -0.15) is 0 Å². The summed E-state index contributed by atoms with van der Waals surface area (Å²) in [4.78, 5) is 4.73. The van der Waals surface area contributed by atoms with Crippen LogP contribution >= 0.6 is 35.0 Å². The number of ether oxygens (including phenoxy) is 2. The van der Waals surface area contributed by atoms with Crippen LogP contribution in [0.4, 0.5) is 8.78 Å². The normalized spacial score (nSPS) is 25.4. The van der Waals surface area contributed by atoms with Gasteiger partial charge in [0, 0.05) is 30.0 Å². The van der Waals surface area contributed by atoms with E-state index in [-0.39, 0.29) is 11.3 Å². The molecule has 0 radical (unpaired) electrons. The summed E-state index contributed by atoms with van der Waals surface area (Å²) in [7, 11) is 1.44. The van der Waals surface area contributed by atoms with Gasteiger partial charge in [-0.3, -0.25) is 4.98 Å². The highest BCUT2D eigenvalue weighted by Gasteiger charge is 2.47. The summed E-state index contributed by atoms with van der Waals surface area (Å²) in [6.45, 7) is -0.464. The quantitative estimate of drug-likeness (QED) is 0.479.